The Labute approximate surface area is 91.5 Å². The normalized spacial score (nSPS) is 31.4. The number of carbonyl (C=O) groups is 1. The minimum Gasteiger partial charge on any atom is -0.444 e. The van der Waals surface area contributed by atoms with E-state index in [9.17, 15) is 4.79 Å². The van der Waals surface area contributed by atoms with Crippen molar-refractivity contribution in [3.8, 4) is 0 Å². The van der Waals surface area contributed by atoms with Crippen LogP contribution in [0.25, 0.3) is 0 Å². The summed E-state index contributed by atoms with van der Waals surface area (Å²) in [5.41, 5.74) is 5.20. The molecule has 0 aromatic carbocycles. The molecule has 0 heterocycles. The highest BCUT2D eigenvalue weighted by molar-refractivity contribution is 5.69. The van der Waals surface area contributed by atoms with Crippen LogP contribution in [0.5, 0.6) is 0 Å². The molecule has 0 bridgehead atoms. The molecule has 0 saturated heterocycles. The van der Waals surface area contributed by atoms with E-state index in [1.54, 1.807) is 0 Å². The maximum Gasteiger partial charge on any atom is 0.408 e. The SMILES string of the molecule is CC(C)(C)OC(=O)N[C@]1(C)CCC[C@H]1N. The molecule has 4 heteroatoms. The summed E-state index contributed by atoms with van der Waals surface area (Å²) in [5, 5.41) is 2.88. The molecule has 0 unspecified atom stereocenters. The lowest BCUT2D eigenvalue weighted by molar-refractivity contribution is 0.0457. The molecule has 1 amide bonds. The fourth-order valence-corrected chi connectivity index (χ4v) is 1.89. The van der Waals surface area contributed by atoms with Crippen molar-refractivity contribution in [2.24, 2.45) is 5.73 Å². The average molecular weight is 214 g/mol. The van der Waals surface area contributed by atoms with Crippen LogP contribution in [0.1, 0.15) is 47.0 Å². The van der Waals surface area contributed by atoms with E-state index in [1.807, 2.05) is 27.7 Å². The molecule has 88 valence electrons. The molecule has 1 fully saturated rings. The van der Waals surface area contributed by atoms with Crippen molar-refractivity contribution < 1.29 is 9.53 Å². The van der Waals surface area contributed by atoms with Crippen molar-refractivity contribution in [1.82, 2.24) is 5.32 Å². The maximum atomic E-state index is 11.6. The fourth-order valence-electron chi connectivity index (χ4n) is 1.89. The Bertz CT molecular complexity index is 247. The Morgan fingerprint density at radius 1 is 1.53 bits per heavy atom. The summed E-state index contributed by atoms with van der Waals surface area (Å²) in [6.07, 6.45) is 2.58. The second kappa shape index (κ2) is 4.00. The van der Waals surface area contributed by atoms with Gasteiger partial charge in [-0.1, -0.05) is 0 Å². The number of nitrogens with two attached hydrogens (primary N) is 1. The van der Waals surface area contributed by atoms with Gasteiger partial charge in [-0.3, -0.25) is 0 Å². The second-order valence-corrected chi connectivity index (χ2v) is 5.54. The quantitative estimate of drug-likeness (QED) is 0.699. The van der Waals surface area contributed by atoms with E-state index in [0.29, 0.717) is 0 Å². The van der Waals surface area contributed by atoms with Gasteiger partial charge in [-0.05, 0) is 47.0 Å². The number of carbonyl (C=O) groups excluding carboxylic acids is 1. The topological polar surface area (TPSA) is 64.3 Å². The van der Waals surface area contributed by atoms with Gasteiger partial charge in [0.05, 0.1) is 5.54 Å². The third-order valence-electron chi connectivity index (χ3n) is 2.82. The predicted molar refractivity (Wildman–Crippen MR) is 59.6 cm³/mol. The van der Waals surface area contributed by atoms with Crippen molar-refractivity contribution in [1.29, 1.82) is 0 Å². The van der Waals surface area contributed by atoms with Gasteiger partial charge in [0, 0.05) is 6.04 Å². The van der Waals surface area contributed by atoms with E-state index in [0.717, 1.165) is 19.3 Å². The summed E-state index contributed by atoms with van der Waals surface area (Å²) in [6.45, 7) is 7.53. The van der Waals surface area contributed by atoms with Crippen molar-refractivity contribution in [2.45, 2.75) is 64.1 Å². The van der Waals surface area contributed by atoms with Gasteiger partial charge in [-0.25, -0.2) is 4.79 Å². The van der Waals surface area contributed by atoms with Crippen LogP contribution in [-0.4, -0.2) is 23.3 Å². The Morgan fingerprint density at radius 3 is 2.53 bits per heavy atom. The molecular weight excluding hydrogens is 192 g/mol. The number of rotatable bonds is 1. The zero-order valence-electron chi connectivity index (χ0n) is 10.1. The second-order valence-electron chi connectivity index (χ2n) is 5.54. The van der Waals surface area contributed by atoms with Crippen LogP contribution in [0, 0.1) is 0 Å². The molecule has 0 spiro atoms. The summed E-state index contributed by atoms with van der Waals surface area (Å²) >= 11 is 0. The summed E-state index contributed by atoms with van der Waals surface area (Å²) in [5.74, 6) is 0. The first kappa shape index (κ1) is 12.3. The van der Waals surface area contributed by atoms with Crippen LogP contribution in [0.4, 0.5) is 4.79 Å². The Balaban J connectivity index is 2.51. The van der Waals surface area contributed by atoms with Gasteiger partial charge in [0.2, 0.25) is 0 Å². The molecule has 0 aromatic heterocycles. The monoisotopic (exact) mass is 214 g/mol. The summed E-state index contributed by atoms with van der Waals surface area (Å²) in [7, 11) is 0. The van der Waals surface area contributed by atoms with E-state index >= 15 is 0 Å². The van der Waals surface area contributed by atoms with Crippen LogP contribution in [-0.2, 0) is 4.74 Å². The number of amides is 1. The van der Waals surface area contributed by atoms with Crippen LogP contribution < -0.4 is 11.1 Å². The fraction of sp³-hybridized carbons (Fsp3) is 0.909. The van der Waals surface area contributed by atoms with E-state index in [1.165, 1.54) is 0 Å². The minimum absolute atomic E-state index is 0.0324. The summed E-state index contributed by atoms with van der Waals surface area (Å²) in [4.78, 5) is 11.6. The largest absolute Gasteiger partial charge is 0.444 e. The van der Waals surface area contributed by atoms with Crippen molar-refractivity contribution in [3.63, 3.8) is 0 Å². The number of ether oxygens (including phenoxy) is 1. The Kier molecular flexibility index (Phi) is 3.28. The van der Waals surface area contributed by atoms with E-state index < -0.39 is 5.60 Å². The Morgan fingerprint density at radius 2 is 2.13 bits per heavy atom. The van der Waals surface area contributed by atoms with Crippen LogP contribution >= 0.6 is 0 Å². The zero-order valence-corrected chi connectivity index (χ0v) is 10.1. The van der Waals surface area contributed by atoms with E-state index in [-0.39, 0.29) is 17.7 Å². The van der Waals surface area contributed by atoms with Gasteiger partial charge in [0.15, 0.2) is 0 Å². The predicted octanol–water partition coefficient (Wildman–Crippen LogP) is 1.78. The molecule has 0 radical (unpaired) electrons. The van der Waals surface area contributed by atoms with Crippen molar-refractivity contribution in [2.75, 3.05) is 0 Å². The highest BCUT2D eigenvalue weighted by Gasteiger charge is 2.38. The lowest BCUT2D eigenvalue weighted by atomic mass is 9.97. The lowest BCUT2D eigenvalue weighted by Crippen LogP contribution is -2.55. The third kappa shape index (κ3) is 3.38. The van der Waals surface area contributed by atoms with Gasteiger partial charge < -0.3 is 15.8 Å². The van der Waals surface area contributed by atoms with Gasteiger partial charge in [0.1, 0.15) is 5.60 Å². The minimum atomic E-state index is -0.455. The molecular formula is C11H22N2O2. The third-order valence-corrected chi connectivity index (χ3v) is 2.82. The standard InChI is InChI=1S/C11H22N2O2/c1-10(2,3)15-9(14)13-11(4)7-5-6-8(11)12/h8H,5-7,12H2,1-4H3,(H,13,14)/t8-,11-/m1/s1. The van der Waals surface area contributed by atoms with Crippen LogP contribution in [0.3, 0.4) is 0 Å². The van der Waals surface area contributed by atoms with E-state index in [4.69, 9.17) is 10.5 Å². The van der Waals surface area contributed by atoms with Crippen LogP contribution in [0.2, 0.25) is 0 Å². The first-order valence-corrected chi connectivity index (χ1v) is 5.50. The average Bonchev–Trinajstić information content (AvgIpc) is 2.27. The van der Waals surface area contributed by atoms with E-state index in [2.05, 4.69) is 5.32 Å². The molecule has 0 aliphatic heterocycles. The first-order chi connectivity index (χ1) is 6.73. The van der Waals surface area contributed by atoms with Crippen molar-refractivity contribution >= 4 is 6.09 Å². The Hall–Kier alpha value is -0.770. The molecule has 1 aliphatic carbocycles. The number of nitrogens with one attached hydrogen (secondary N) is 1. The van der Waals surface area contributed by atoms with Gasteiger partial charge in [-0.15, -0.1) is 0 Å². The zero-order chi connectivity index (χ0) is 11.7. The molecule has 3 N–H and O–H groups in total. The number of hydrogen-bond acceptors (Lipinski definition) is 3. The lowest BCUT2D eigenvalue weighted by Gasteiger charge is -2.31. The van der Waals surface area contributed by atoms with Gasteiger partial charge in [-0.2, -0.15) is 0 Å². The van der Waals surface area contributed by atoms with Gasteiger partial charge >= 0.3 is 6.09 Å². The highest BCUT2D eigenvalue weighted by atomic mass is 16.6. The summed E-state index contributed by atoms with van der Waals surface area (Å²) in [6, 6.07) is 0.0324. The molecule has 1 rings (SSSR count). The molecule has 1 aliphatic rings. The van der Waals surface area contributed by atoms with Crippen LogP contribution in [0.15, 0.2) is 0 Å². The molecule has 4 nitrogen and oxygen atoms in total. The molecule has 2 atom stereocenters. The first-order valence-electron chi connectivity index (χ1n) is 5.50. The summed E-state index contributed by atoms with van der Waals surface area (Å²) < 4.78 is 5.21. The number of hydrogen-bond donors (Lipinski definition) is 2. The van der Waals surface area contributed by atoms with Crippen molar-refractivity contribution in [3.05, 3.63) is 0 Å². The molecule has 0 aromatic rings. The molecule has 15 heavy (non-hydrogen) atoms. The highest BCUT2D eigenvalue weighted by Crippen LogP contribution is 2.28. The number of alkyl carbamates (subject to hydrolysis) is 1. The maximum absolute atomic E-state index is 11.6. The van der Waals surface area contributed by atoms with Gasteiger partial charge in [0.25, 0.3) is 0 Å². The molecule has 1 saturated carbocycles. The smallest absolute Gasteiger partial charge is 0.408 e.